The monoisotopic (exact) mass is 327 g/mol. The van der Waals surface area contributed by atoms with Crippen LogP contribution >= 0.6 is 11.6 Å². The quantitative estimate of drug-likeness (QED) is 0.599. The standard InChI is InChI=1S/C19H18ClNO2/c1-2-18(22)15-13-21(17-9-5-3-7-14(15)17)11-12-23-19-10-6-4-8-16(19)20/h3-10,13H,2,11-12H2,1H3. The van der Waals surface area contributed by atoms with Crippen LogP contribution in [0.1, 0.15) is 23.7 Å². The fourth-order valence-corrected chi connectivity index (χ4v) is 2.85. The van der Waals surface area contributed by atoms with Crippen molar-refractivity contribution >= 4 is 28.3 Å². The molecule has 118 valence electrons. The Morgan fingerprint density at radius 3 is 2.65 bits per heavy atom. The Kier molecular flexibility index (Phi) is 4.68. The summed E-state index contributed by atoms with van der Waals surface area (Å²) in [6, 6.07) is 15.4. The van der Waals surface area contributed by atoms with Crippen molar-refractivity contribution in [3.63, 3.8) is 0 Å². The van der Waals surface area contributed by atoms with Crippen molar-refractivity contribution in [1.82, 2.24) is 4.57 Å². The number of nitrogens with zero attached hydrogens (tertiary/aromatic N) is 1. The topological polar surface area (TPSA) is 31.2 Å². The zero-order chi connectivity index (χ0) is 16.2. The smallest absolute Gasteiger partial charge is 0.164 e. The molecule has 1 aromatic heterocycles. The van der Waals surface area contributed by atoms with E-state index in [1.165, 1.54) is 0 Å². The van der Waals surface area contributed by atoms with Gasteiger partial charge in [0.05, 0.1) is 11.6 Å². The van der Waals surface area contributed by atoms with Crippen molar-refractivity contribution in [2.24, 2.45) is 0 Å². The predicted molar refractivity (Wildman–Crippen MR) is 93.5 cm³/mol. The van der Waals surface area contributed by atoms with Gasteiger partial charge in [-0.05, 0) is 18.2 Å². The van der Waals surface area contributed by atoms with E-state index in [2.05, 4.69) is 4.57 Å². The van der Waals surface area contributed by atoms with E-state index in [0.717, 1.165) is 16.5 Å². The molecule has 1 heterocycles. The second kappa shape index (κ2) is 6.88. The normalized spacial score (nSPS) is 10.9. The molecular formula is C19H18ClNO2. The maximum atomic E-state index is 12.1. The molecule has 0 aliphatic heterocycles. The summed E-state index contributed by atoms with van der Waals surface area (Å²) in [6.07, 6.45) is 2.43. The zero-order valence-corrected chi connectivity index (χ0v) is 13.7. The highest BCUT2D eigenvalue weighted by Crippen LogP contribution is 2.24. The van der Waals surface area contributed by atoms with Gasteiger partial charge in [-0.15, -0.1) is 0 Å². The zero-order valence-electron chi connectivity index (χ0n) is 13.0. The molecule has 0 spiro atoms. The Hall–Kier alpha value is -2.26. The van der Waals surface area contributed by atoms with Crippen molar-refractivity contribution in [1.29, 1.82) is 0 Å². The first-order chi connectivity index (χ1) is 11.2. The average Bonchev–Trinajstić information content (AvgIpc) is 2.95. The highest BCUT2D eigenvalue weighted by molar-refractivity contribution is 6.32. The number of benzene rings is 2. The van der Waals surface area contributed by atoms with Crippen LogP contribution in [0.3, 0.4) is 0 Å². The highest BCUT2D eigenvalue weighted by atomic mass is 35.5. The largest absolute Gasteiger partial charge is 0.490 e. The van der Waals surface area contributed by atoms with Crippen molar-refractivity contribution in [3.8, 4) is 5.75 Å². The number of Topliss-reactive ketones (excluding diaryl/α,β-unsaturated/α-hetero) is 1. The van der Waals surface area contributed by atoms with Crippen LogP contribution in [0.5, 0.6) is 5.75 Å². The number of hydrogen-bond donors (Lipinski definition) is 0. The first-order valence-electron chi connectivity index (χ1n) is 7.69. The minimum atomic E-state index is 0.159. The minimum absolute atomic E-state index is 0.159. The number of rotatable bonds is 6. The molecule has 0 N–H and O–H groups in total. The Bertz CT molecular complexity index is 838. The Labute approximate surface area is 140 Å². The van der Waals surface area contributed by atoms with Crippen LogP contribution in [0.15, 0.2) is 54.7 Å². The molecule has 3 nitrogen and oxygen atoms in total. The fourth-order valence-electron chi connectivity index (χ4n) is 2.66. The van der Waals surface area contributed by atoms with Gasteiger partial charge in [-0.3, -0.25) is 4.79 Å². The molecule has 4 heteroatoms. The van der Waals surface area contributed by atoms with Crippen molar-refractivity contribution in [3.05, 3.63) is 65.3 Å². The number of aromatic nitrogens is 1. The van der Waals surface area contributed by atoms with Crippen LogP contribution in [-0.4, -0.2) is 17.0 Å². The number of hydrogen-bond acceptors (Lipinski definition) is 2. The van der Waals surface area contributed by atoms with E-state index in [9.17, 15) is 4.79 Å². The summed E-state index contributed by atoms with van der Waals surface area (Å²) in [4.78, 5) is 12.1. The molecule has 0 amide bonds. The molecule has 0 fully saturated rings. The maximum absolute atomic E-state index is 12.1. The Morgan fingerprint density at radius 1 is 1.13 bits per heavy atom. The molecule has 0 aliphatic rings. The number of para-hydroxylation sites is 2. The van der Waals surface area contributed by atoms with E-state index in [0.29, 0.717) is 30.3 Å². The number of carbonyl (C=O) groups excluding carboxylic acids is 1. The molecule has 3 rings (SSSR count). The fraction of sp³-hybridized carbons (Fsp3) is 0.211. The molecule has 0 unspecified atom stereocenters. The Balaban J connectivity index is 1.80. The summed E-state index contributed by atoms with van der Waals surface area (Å²) in [6.45, 7) is 3.03. The van der Waals surface area contributed by atoms with E-state index in [-0.39, 0.29) is 5.78 Å². The highest BCUT2D eigenvalue weighted by Gasteiger charge is 2.13. The summed E-state index contributed by atoms with van der Waals surface area (Å²) in [5.74, 6) is 0.836. The van der Waals surface area contributed by atoms with Crippen LogP contribution in [0.2, 0.25) is 5.02 Å². The summed E-state index contributed by atoms with van der Waals surface area (Å²) < 4.78 is 7.81. The third kappa shape index (κ3) is 3.25. The molecule has 2 aromatic carbocycles. The third-order valence-electron chi connectivity index (χ3n) is 3.84. The van der Waals surface area contributed by atoms with Crippen LogP contribution in [0.25, 0.3) is 10.9 Å². The molecular weight excluding hydrogens is 310 g/mol. The lowest BCUT2D eigenvalue weighted by Gasteiger charge is -2.09. The van der Waals surface area contributed by atoms with Crippen molar-refractivity contribution in [2.75, 3.05) is 6.61 Å². The Morgan fingerprint density at radius 2 is 1.87 bits per heavy atom. The summed E-state index contributed by atoms with van der Waals surface area (Å²) >= 11 is 6.09. The number of fused-ring (bicyclic) bond motifs is 1. The van der Waals surface area contributed by atoms with Crippen LogP contribution in [0, 0.1) is 0 Å². The second-order valence-electron chi connectivity index (χ2n) is 5.31. The van der Waals surface area contributed by atoms with Gasteiger partial charge in [0.2, 0.25) is 0 Å². The van der Waals surface area contributed by atoms with Crippen LogP contribution < -0.4 is 4.74 Å². The molecule has 0 saturated heterocycles. The van der Waals surface area contributed by atoms with Crippen LogP contribution in [0.4, 0.5) is 0 Å². The van der Waals surface area contributed by atoms with Gasteiger partial charge in [0.25, 0.3) is 0 Å². The number of ether oxygens (including phenoxy) is 1. The summed E-state index contributed by atoms with van der Waals surface area (Å²) in [7, 11) is 0. The van der Waals surface area contributed by atoms with Gasteiger partial charge in [-0.25, -0.2) is 0 Å². The summed E-state index contributed by atoms with van der Waals surface area (Å²) in [5.41, 5.74) is 1.83. The van der Waals surface area contributed by atoms with E-state index in [1.54, 1.807) is 6.07 Å². The minimum Gasteiger partial charge on any atom is -0.490 e. The molecule has 23 heavy (non-hydrogen) atoms. The molecule has 0 atom stereocenters. The molecule has 0 radical (unpaired) electrons. The molecule has 0 saturated carbocycles. The van der Waals surface area contributed by atoms with Gasteiger partial charge in [-0.1, -0.05) is 48.9 Å². The predicted octanol–water partition coefficient (Wildman–Crippen LogP) is 4.97. The second-order valence-corrected chi connectivity index (χ2v) is 5.72. The van der Waals surface area contributed by atoms with E-state index < -0.39 is 0 Å². The summed E-state index contributed by atoms with van der Waals surface area (Å²) in [5, 5.41) is 1.60. The van der Waals surface area contributed by atoms with Crippen LogP contribution in [-0.2, 0) is 6.54 Å². The molecule has 0 bridgehead atoms. The average molecular weight is 328 g/mol. The SMILES string of the molecule is CCC(=O)c1cn(CCOc2ccccc2Cl)c2ccccc12. The lowest BCUT2D eigenvalue weighted by molar-refractivity contribution is 0.0989. The van der Waals surface area contributed by atoms with Gasteiger partial charge >= 0.3 is 0 Å². The van der Waals surface area contributed by atoms with E-state index in [4.69, 9.17) is 16.3 Å². The molecule has 3 aromatic rings. The number of halogens is 1. The van der Waals surface area contributed by atoms with Crippen molar-refractivity contribution < 1.29 is 9.53 Å². The van der Waals surface area contributed by atoms with Gasteiger partial charge in [0.1, 0.15) is 12.4 Å². The first kappa shape index (κ1) is 15.6. The number of ketones is 1. The van der Waals surface area contributed by atoms with Gasteiger partial charge < -0.3 is 9.30 Å². The first-order valence-corrected chi connectivity index (χ1v) is 8.07. The van der Waals surface area contributed by atoms with E-state index in [1.807, 2.05) is 55.6 Å². The number of carbonyl (C=O) groups is 1. The van der Waals surface area contributed by atoms with Gasteiger partial charge in [0, 0.05) is 29.1 Å². The molecule has 0 aliphatic carbocycles. The van der Waals surface area contributed by atoms with Gasteiger partial charge in [-0.2, -0.15) is 0 Å². The third-order valence-corrected chi connectivity index (χ3v) is 4.15. The maximum Gasteiger partial charge on any atom is 0.164 e. The van der Waals surface area contributed by atoms with E-state index >= 15 is 0 Å². The lowest BCUT2D eigenvalue weighted by atomic mass is 10.1. The van der Waals surface area contributed by atoms with Gasteiger partial charge in [0.15, 0.2) is 5.78 Å². The van der Waals surface area contributed by atoms with Crippen molar-refractivity contribution in [2.45, 2.75) is 19.9 Å². The lowest BCUT2D eigenvalue weighted by Crippen LogP contribution is -2.07.